The van der Waals surface area contributed by atoms with E-state index < -0.39 is 0 Å². The van der Waals surface area contributed by atoms with E-state index in [2.05, 4.69) is 51.0 Å². The molecule has 0 saturated heterocycles. The lowest BCUT2D eigenvalue weighted by Gasteiger charge is -2.01. The number of benzene rings is 1. The van der Waals surface area contributed by atoms with Crippen molar-refractivity contribution in [1.29, 1.82) is 0 Å². The molecule has 1 N–H and O–H groups in total. The van der Waals surface area contributed by atoms with E-state index in [9.17, 15) is 0 Å². The summed E-state index contributed by atoms with van der Waals surface area (Å²) >= 11 is 5.18. The SMILES string of the molecule is CC(C)c1nc(SCc2ccccc2Br)n[nH]1. The van der Waals surface area contributed by atoms with Crippen LogP contribution in [0.4, 0.5) is 0 Å². The molecule has 0 atom stereocenters. The largest absolute Gasteiger partial charge is 0.262 e. The average molecular weight is 312 g/mol. The Hall–Kier alpha value is -0.810. The summed E-state index contributed by atoms with van der Waals surface area (Å²) in [6.07, 6.45) is 0. The minimum Gasteiger partial charge on any atom is -0.262 e. The van der Waals surface area contributed by atoms with Crippen LogP contribution in [-0.4, -0.2) is 15.2 Å². The third kappa shape index (κ3) is 3.33. The van der Waals surface area contributed by atoms with E-state index in [4.69, 9.17) is 0 Å². The number of H-pyrrole nitrogens is 1. The summed E-state index contributed by atoms with van der Waals surface area (Å²) in [7, 11) is 0. The van der Waals surface area contributed by atoms with Crippen molar-refractivity contribution in [1.82, 2.24) is 15.2 Å². The smallest absolute Gasteiger partial charge is 0.208 e. The summed E-state index contributed by atoms with van der Waals surface area (Å²) in [4.78, 5) is 4.44. The number of aromatic amines is 1. The van der Waals surface area contributed by atoms with Crippen LogP contribution in [0.5, 0.6) is 0 Å². The molecule has 2 aromatic rings. The van der Waals surface area contributed by atoms with Crippen LogP contribution in [0.2, 0.25) is 0 Å². The van der Waals surface area contributed by atoms with E-state index in [1.807, 2.05) is 18.2 Å². The van der Waals surface area contributed by atoms with Gasteiger partial charge in [0.25, 0.3) is 0 Å². The lowest BCUT2D eigenvalue weighted by molar-refractivity contribution is 0.780. The molecule has 0 bridgehead atoms. The zero-order valence-electron chi connectivity index (χ0n) is 9.77. The van der Waals surface area contributed by atoms with Crippen molar-refractivity contribution >= 4 is 27.7 Å². The van der Waals surface area contributed by atoms with Crippen LogP contribution in [0.3, 0.4) is 0 Å². The van der Waals surface area contributed by atoms with Crippen LogP contribution in [0.25, 0.3) is 0 Å². The van der Waals surface area contributed by atoms with E-state index in [1.165, 1.54) is 5.56 Å². The molecule has 5 heteroatoms. The van der Waals surface area contributed by atoms with Crippen molar-refractivity contribution in [3.05, 3.63) is 40.1 Å². The minimum atomic E-state index is 0.389. The molecule has 0 spiro atoms. The van der Waals surface area contributed by atoms with Crippen molar-refractivity contribution in [2.45, 2.75) is 30.7 Å². The standard InChI is InChI=1S/C12H14BrN3S/c1-8(2)11-14-12(16-15-11)17-7-9-5-3-4-6-10(9)13/h3-6,8H,7H2,1-2H3,(H,14,15,16). The molecule has 0 aliphatic heterocycles. The molecule has 0 aliphatic carbocycles. The number of thioether (sulfide) groups is 1. The molecule has 1 heterocycles. The van der Waals surface area contributed by atoms with Crippen LogP contribution < -0.4 is 0 Å². The maximum absolute atomic E-state index is 4.44. The Labute approximate surface area is 114 Å². The van der Waals surface area contributed by atoms with Gasteiger partial charge in [0.15, 0.2) is 0 Å². The van der Waals surface area contributed by atoms with Crippen molar-refractivity contribution in [3.8, 4) is 0 Å². The topological polar surface area (TPSA) is 41.6 Å². The van der Waals surface area contributed by atoms with Crippen molar-refractivity contribution < 1.29 is 0 Å². The van der Waals surface area contributed by atoms with Gasteiger partial charge in [0, 0.05) is 16.1 Å². The second-order valence-corrected chi connectivity index (χ2v) is 5.83. The van der Waals surface area contributed by atoms with Gasteiger partial charge in [-0.05, 0) is 11.6 Å². The molecule has 0 amide bonds. The Morgan fingerprint density at radius 2 is 2.12 bits per heavy atom. The highest BCUT2D eigenvalue weighted by Crippen LogP contribution is 2.25. The van der Waals surface area contributed by atoms with Crippen LogP contribution in [0.1, 0.15) is 31.2 Å². The Bertz CT molecular complexity index is 496. The maximum atomic E-state index is 4.44. The molecule has 17 heavy (non-hydrogen) atoms. The molecule has 2 rings (SSSR count). The molecule has 1 aromatic carbocycles. The van der Waals surface area contributed by atoms with Gasteiger partial charge < -0.3 is 0 Å². The van der Waals surface area contributed by atoms with Gasteiger partial charge in [0.2, 0.25) is 5.16 Å². The van der Waals surface area contributed by atoms with Crippen LogP contribution in [0, 0.1) is 0 Å². The number of hydrogen-bond acceptors (Lipinski definition) is 3. The normalized spacial score (nSPS) is 11.1. The fraction of sp³-hybridized carbons (Fsp3) is 0.333. The first-order valence-corrected chi connectivity index (χ1v) is 7.23. The highest BCUT2D eigenvalue weighted by atomic mass is 79.9. The van der Waals surface area contributed by atoms with Gasteiger partial charge in [0.05, 0.1) is 0 Å². The first kappa shape index (κ1) is 12.6. The van der Waals surface area contributed by atoms with Crippen LogP contribution in [-0.2, 0) is 5.75 Å². The summed E-state index contributed by atoms with van der Waals surface area (Å²) in [6.45, 7) is 4.20. The number of aromatic nitrogens is 3. The molecule has 0 fully saturated rings. The summed E-state index contributed by atoms with van der Waals surface area (Å²) in [5.74, 6) is 2.21. The van der Waals surface area contributed by atoms with E-state index in [0.29, 0.717) is 5.92 Å². The van der Waals surface area contributed by atoms with Gasteiger partial charge in [0.1, 0.15) is 5.82 Å². The Kier molecular flexibility index (Phi) is 4.23. The molecule has 0 saturated carbocycles. The van der Waals surface area contributed by atoms with Crippen LogP contribution >= 0.6 is 27.7 Å². The van der Waals surface area contributed by atoms with Crippen molar-refractivity contribution in [2.24, 2.45) is 0 Å². The third-order valence-electron chi connectivity index (χ3n) is 2.34. The first-order valence-electron chi connectivity index (χ1n) is 5.45. The average Bonchev–Trinajstić information content (AvgIpc) is 2.77. The fourth-order valence-electron chi connectivity index (χ4n) is 1.34. The fourth-order valence-corrected chi connectivity index (χ4v) is 2.76. The molecule has 90 valence electrons. The van der Waals surface area contributed by atoms with Gasteiger partial charge in [-0.2, -0.15) is 0 Å². The molecule has 0 radical (unpaired) electrons. The van der Waals surface area contributed by atoms with Gasteiger partial charge in [-0.15, -0.1) is 5.10 Å². The number of nitrogens with zero attached hydrogens (tertiary/aromatic N) is 2. The van der Waals surface area contributed by atoms with Gasteiger partial charge in [-0.1, -0.05) is 59.7 Å². The third-order valence-corrected chi connectivity index (χ3v) is 4.01. The predicted molar refractivity (Wildman–Crippen MR) is 74.2 cm³/mol. The summed E-state index contributed by atoms with van der Waals surface area (Å²) < 4.78 is 1.13. The Morgan fingerprint density at radius 3 is 2.76 bits per heavy atom. The Morgan fingerprint density at radius 1 is 1.35 bits per heavy atom. The summed E-state index contributed by atoms with van der Waals surface area (Å²) in [6, 6.07) is 8.21. The molecule has 3 nitrogen and oxygen atoms in total. The number of rotatable bonds is 4. The monoisotopic (exact) mass is 311 g/mol. The van der Waals surface area contributed by atoms with Gasteiger partial charge >= 0.3 is 0 Å². The van der Waals surface area contributed by atoms with E-state index in [0.717, 1.165) is 21.2 Å². The molecule has 0 aliphatic rings. The second kappa shape index (κ2) is 5.69. The zero-order valence-corrected chi connectivity index (χ0v) is 12.2. The predicted octanol–water partition coefficient (Wildman–Crippen LogP) is 3.98. The molecular weight excluding hydrogens is 298 g/mol. The highest BCUT2D eigenvalue weighted by molar-refractivity contribution is 9.10. The highest BCUT2D eigenvalue weighted by Gasteiger charge is 2.07. The van der Waals surface area contributed by atoms with Crippen molar-refractivity contribution in [2.75, 3.05) is 0 Å². The summed E-state index contributed by atoms with van der Waals surface area (Å²) in [5, 5.41) is 7.97. The molecule has 1 aromatic heterocycles. The number of hydrogen-bond donors (Lipinski definition) is 1. The minimum absolute atomic E-state index is 0.389. The lowest BCUT2D eigenvalue weighted by atomic mass is 10.2. The van der Waals surface area contributed by atoms with E-state index >= 15 is 0 Å². The van der Waals surface area contributed by atoms with Gasteiger partial charge in [-0.25, -0.2) is 4.98 Å². The zero-order chi connectivity index (χ0) is 12.3. The van der Waals surface area contributed by atoms with E-state index in [-0.39, 0.29) is 0 Å². The maximum Gasteiger partial charge on any atom is 0.208 e. The first-order chi connectivity index (χ1) is 8.16. The second-order valence-electron chi connectivity index (χ2n) is 4.04. The number of nitrogens with one attached hydrogen (secondary N) is 1. The molecular formula is C12H14BrN3S. The van der Waals surface area contributed by atoms with Crippen molar-refractivity contribution in [3.63, 3.8) is 0 Å². The Balaban J connectivity index is 2.00. The number of halogens is 1. The molecule has 0 unspecified atom stereocenters. The summed E-state index contributed by atoms with van der Waals surface area (Å²) in [5.41, 5.74) is 1.26. The van der Waals surface area contributed by atoms with Gasteiger partial charge in [-0.3, -0.25) is 5.10 Å². The lowest BCUT2D eigenvalue weighted by Crippen LogP contribution is -1.89. The quantitative estimate of drug-likeness (QED) is 0.868. The van der Waals surface area contributed by atoms with E-state index in [1.54, 1.807) is 11.8 Å². The van der Waals surface area contributed by atoms with Crippen LogP contribution in [0.15, 0.2) is 33.9 Å².